The van der Waals surface area contributed by atoms with Gasteiger partial charge in [-0.1, -0.05) is 71.4 Å². The topological polar surface area (TPSA) is 69.6 Å². The first-order chi connectivity index (χ1) is 24.0. The molecule has 1 heterocycles. The maximum absolute atomic E-state index is 14.3. The van der Waals surface area contributed by atoms with Gasteiger partial charge in [0.05, 0.1) is 11.0 Å². The molecule has 0 radical (unpaired) electrons. The first kappa shape index (κ1) is 38.2. The van der Waals surface area contributed by atoms with Crippen molar-refractivity contribution in [1.82, 2.24) is 10.2 Å². The average molecular weight is 707 g/mol. The molecule has 2 N–H and O–H groups in total. The lowest BCUT2D eigenvalue weighted by atomic mass is 9.45. The minimum atomic E-state index is -2.56. The second-order valence-corrected chi connectivity index (χ2v) is 18.5. The summed E-state index contributed by atoms with van der Waals surface area (Å²) in [6.07, 6.45) is 12.0. The van der Waals surface area contributed by atoms with Crippen molar-refractivity contribution in [3.63, 3.8) is 0 Å². The van der Waals surface area contributed by atoms with E-state index in [9.17, 15) is 23.5 Å². The number of allylic oxidation sites excluding steroid dienone is 3. The van der Waals surface area contributed by atoms with Gasteiger partial charge in [0.2, 0.25) is 5.91 Å². The van der Waals surface area contributed by atoms with Gasteiger partial charge in [0.1, 0.15) is 0 Å². The number of nitrogens with one attached hydrogen (secondary N) is 1. The number of carbonyl (C=O) groups excluding carboxylic acids is 1. The summed E-state index contributed by atoms with van der Waals surface area (Å²) >= 11 is 0. The van der Waals surface area contributed by atoms with Crippen molar-refractivity contribution in [1.29, 1.82) is 0 Å². The van der Waals surface area contributed by atoms with Crippen molar-refractivity contribution in [2.75, 3.05) is 26.2 Å². The Kier molecular flexibility index (Phi) is 10.8. The van der Waals surface area contributed by atoms with Crippen LogP contribution in [0.15, 0.2) is 42.5 Å². The summed E-state index contributed by atoms with van der Waals surface area (Å²) in [4.78, 5) is 27.9. The smallest absolute Gasteiger partial charge is 0.335 e. The fraction of sp³-hybridized carbons (Fsp3) is 0.727. The van der Waals surface area contributed by atoms with E-state index in [1.54, 1.807) is 12.1 Å². The van der Waals surface area contributed by atoms with Crippen molar-refractivity contribution < 1.29 is 23.5 Å². The van der Waals surface area contributed by atoms with Crippen LogP contribution in [0.25, 0.3) is 5.57 Å². The fourth-order valence-corrected chi connectivity index (χ4v) is 12.6. The van der Waals surface area contributed by atoms with Crippen molar-refractivity contribution in [2.45, 2.75) is 118 Å². The number of alkyl halides is 2. The number of amides is 1. The molecule has 7 heteroatoms. The molecule has 1 aromatic carbocycles. The molecule has 9 atom stereocenters. The predicted molar refractivity (Wildman–Crippen MR) is 201 cm³/mol. The Labute approximate surface area is 306 Å². The van der Waals surface area contributed by atoms with Gasteiger partial charge < -0.3 is 15.3 Å². The van der Waals surface area contributed by atoms with Gasteiger partial charge in [-0.25, -0.2) is 13.6 Å². The normalized spacial score (nSPS) is 37.5. The molecular weight excluding hydrogens is 642 g/mol. The highest BCUT2D eigenvalue weighted by Gasteiger charge is 2.60. The van der Waals surface area contributed by atoms with Crippen molar-refractivity contribution >= 4 is 17.4 Å². The lowest BCUT2D eigenvalue weighted by Crippen LogP contribution is -2.53. The standard InChI is InChI=1S/C44H64F2N2O3/c1-28(2)33-17-21-43(40(51)47-24-27-48-25-22-44(45,46)23-26-48)20-16-29(3)34(38(33)43)13-14-35-30(4)8-15-37-41(5,6)36(18-19-42(35,37)7)31-9-11-32(12-10-31)39(49)50/h9-12,18,29-30,33-35,37-38H,1,8,13-17,19-27H2,2-7H3,(H,47,51)(H,49,50). The minimum absolute atomic E-state index is 0.0347. The van der Waals surface area contributed by atoms with Crippen LogP contribution in [0.4, 0.5) is 8.78 Å². The van der Waals surface area contributed by atoms with E-state index in [2.05, 4.69) is 64.4 Å². The maximum atomic E-state index is 14.3. The summed E-state index contributed by atoms with van der Waals surface area (Å²) in [5.41, 5.74) is 3.78. The summed E-state index contributed by atoms with van der Waals surface area (Å²) in [6.45, 7) is 20.8. The molecule has 4 fully saturated rings. The number of fused-ring (bicyclic) bond motifs is 2. The number of halogens is 2. The molecule has 0 spiro atoms. The Morgan fingerprint density at radius 1 is 0.941 bits per heavy atom. The highest BCUT2D eigenvalue weighted by molar-refractivity contribution is 5.88. The zero-order chi connectivity index (χ0) is 36.9. The number of carboxylic acid groups (broad SMARTS) is 1. The number of rotatable bonds is 10. The van der Waals surface area contributed by atoms with E-state index in [1.807, 2.05) is 12.1 Å². The van der Waals surface area contributed by atoms with Gasteiger partial charge in [0, 0.05) is 39.0 Å². The van der Waals surface area contributed by atoms with Crippen LogP contribution in [-0.2, 0) is 4.79 Å². The third kappa shape index (κ3) is 7.11. The molecule has 282 valence electrons. The van der Waals surface area contributed by atoms with Gasteiger partial charge in [0.15, 0.2) is 0 Å². The molecule has 6 rings (SSSR count). The van der Waals surface area contributed by atoms with E-state index in [0.717, 1.165) is 44.1 Å². The van der Waals surface area contributed by atoms with Crippen LogP contribution in [0, 0.1) is 57.7 Å². The molecule has 1 saturated heterocycles. The summed E-state index contributed by atoms with van der Waals surface area (Å²) in [7, 11) is 0. The van der Waals surface area contributed by atoms with E-state index >= 15 is 0 Å². The van der Waals surface area contributed by atoms with Crippen molar-refractivity contribution in [2.24, 2.45) is 57.7 Å². The molecule has 4 aliphatic carbocycles. The van der Waals surface area contributed by atoms with Gasteiger partial charge >= 0.3 is 5.97 Å². The highest BCUT2D eigenvalue weighted by atomic mass is 19.3. The molecule has 9 unspecified atom stereocenters. The molecule has 1 aromatic rings. The maximum Gasteiger partial charge on any atom is 0.335 e. The second-order valence-electron chi connectivity index (χ2n) is 18.5. The average Bonchev–Trinajstić information content (AvgIpc) is 3.47. The number of piperidine rings is 1. The first-order valence-electron chi connectivity index (χ1n) is 20.1. The van der Waals surface area contributed by atoms with E-state index in [-0.39, 0.29) is 40.9 Å². The number of hydrogen-bond acceptors (Lipinski definition) is 3. The zero-order valence-electron chi connectivity index (χ0n) is 32.2. The van der Waals surface area contributed by atoms with Gasteiger partial charge in [0.25, 0.3) is 5.92 Å². The Bertz CT molecular complexity index is 1490. The number of hydrogen-bond donors (Lipinski definition) is 2. The van der Waals surface area contributed by atoms with Crippen LogP contribution in [0.1, 0.15) is 128 Å². The number of carbonyl (C=O) groups is 2. The van der Waals surface area contributed by atoms with Crippen molar-refractivity contribution in [3.8, 4) is 0 Å². The summed E-state index contributed by atoms with van der Waals surface area (Å²) in [6, 6.07) is 7.45. The van der Waals surface area contributed by atoms with Gasteiger partial charge in [-0.3, -0.25) is 4.79 Å². The first-order valence-corrected chi connectivity index (χ1v) is 20.1. The van der Waals surface area contributed by atoms with Crippen LogP contribution in [0.3, 0.4) is 0 Å². The van der Waals surface area contributed by atoms with E-state index in [1.165, 1.54) is 30.4 Å². The minimum Gasteiger partial charge on any atom is -0.478 e. The molecule has 51 heavy (non-hydrogen) atoms. The van der Waals surface area contributed by atoms with E-state index in [0.29, 0.717) is 67.2 Å². The fourth-order valence-electron chi connectivity index (χ4n) is 12.6. The SMILES string of the molecule is C=C(C)C1CCC2(C(=O)NCCN3CCC(F)(F)CC3)CCC(C)C(CCC3C(C)CCC4C(C)(C)C(c5ccc(C(=O)O)cc5)=CCC34C)C12. The predicted octanol–water partition coefficient (Wildman–Crippen LogP) is 10.1. The van der Waals surface area contributed by atoms with Crippen LogP contribution >= 0.6 is 0 Å². The largest absolute Gasteiger partial charge is 0.478 e. The highest BCUT2D eigenvalue weighted by Crippen LogP contribution is 2.65. The van der Waals surface area contributed by atoms with E-state index < -0.39 is 11.9 Å². The van der Waals surface area contributed by atoms with Crippen LogP contribution in [-0.4, -0.2) is 54.0 Å². The Morgan fingerprint density at radius 3 is 2.25 bits per heavy atom. The number of likely N-dealkylation sites (tertiary alicyclic amines) is 1. The summed E-state index contributed by atoms with van der Waals surface area (Å²) in [5, 5.41) is 12.8. The van der Waals surface area contributed by atoms with Gasteiger partial charge in [-0.2, -0.15) is 0 Å². The molecule has 1 aliphatic heterocycles. The van der Waals surface area contributed by atoms with Crippen molar-refractivity contribution in [3.05, 3.63) is 53.6 Å². The lowest BCUT2D eigenvalue weighted by molar-refractivity contribution is -0.140. The Hall–Kier alpha value is -2.54. The molecule has 0 aromatic heterocycles. The second kappa shape index (κ2) is 14.4. The Balaban J connectivity index is 1.19. The number of carboxylic acids is 1. The zero-order valence-corrected chi connectivity index (χ0v) is 32.2. The molecule has 5 aliphatic rings. The molecule has 0 bridgehead atoms. The van der Waals surface area contributed by atoms with E-state index in [4.69, 9.17) is 0 Å². The quantitative estimate of drug-likeness (QED) is 0.238. The lowest BCUT2D eigenvalue weighted by Gasteiger charge is -2.59. The number of benzene rings is 1. The third-order valence-electron chi connectivity index (χ3n) is 15.4. The molecule has 1 amide bonds. The van der Waals surface area contributed by atoms with Crippen LogP contribution < -0.4 is 5.32 Å². The van der Waals surface area contributed by atoms with Gasteiger partial charge in [-0.05, 0) is 134 Å². The number of aromatic carboxylic acids is 1. The Morgan fingerprint density at radius 2 is 1.61 bits per heavy atom. The molecule has 5 nitrogen and oxygen atoms in total. The molecular formula is C44H64F2N2O3. The molecule has 3 saturated carbocycles. The third-order valence-corrected chi connectivity index (χ3v) is 15.4. The van der Waals surface area contributed by atoms with Gasteiger partial charge in [-0.15, -0.1) is 0 Å². The number of nitrogens with zero attached hydrogens (tertiary/aromatic N) is 1. The summed E-state index contributed by atoms with van der Waals surface area (Å²) < 4.78 is 27.4. The van der Waals surface area contributed by atoms with Crippen LogP contribution in [0.5, 0.6) is 0 Å². The monoisotopic (exact) mass is 706 g/mol. The summed E-state index contributed by atoms with van der Waals surface area (Å²) in [5.74, 6) is 0.147. The van der Waals surface area contributed by atoms with Crippen LogP contribution in [0.2, 0.25) is 0 Å².